The number of aromatic nitrogens is 2. The zero-order valence-electron chi connectivity index (χ0n) is 9.23. The number of hydrogen-bond acceptors (Lipinski definition) is 3. The van der Waals surface area contributed by atoms with E-state index in [-0.39, 0.29) is 0 Å². The van der Waals surface area contributed by atoms with Crippen molar-refractivity contribution in [1.29, 1.82) is 0 Å². The molecule has 0 unspecified atom stereocenters. The molecule has 0 N–H and O–H groups in total. The van der Waals surface area contributed by atoms with E-state index in [1.807, 2.05) is 42.8 Å². The van der Waals surface area contributed by atoms with Crippen molar-refractivity contribution in [3.8, 4) is 17.2 Å². The van der Waals surface area contributed by atoms with Crippen LogP contribution in [0.2, 0.25) is 0 Å². The second-order valence-corrected chi connectivity index (χ2v) is 3.88. The Hall–Kier alpha value is -1.97. The molecule has 0 atom stereocenters. The van der Waals surface area contributed by atoms with Crippen LogP contribution in [0.5, 0.6) is 11.5 Å². The smallest absolute Gasteiger partial charge is 0.231 e. The van der Waals surface area contributed by atoms with Gasteiger partial charge >= 0.3 is 0 Å². The Morgan fingerprint density at radius 1 is 1.12 bits per heavy atom. The fourth-order valence-corrected chi connectivity index (χ4v) is 1.91. The molecule has 0 radical (unpaired) electrons. The molecule has 4 heteroatoms. The minimum absolute atomic E-state index is 0.301. The van der Waals surface area contributed by atoms with E-state index in [4.69, 9.17) is 9.47 Å². The van der Waals surface area contributed by atoms with Gasteiger partial charge in [0.2, 0.25) is 6.79 Å². The number of aryl methyl sites for hydroxylation is 2. The van der Waals surface area contributed by atoms with Gasteiger partial charge in [-0.15, -0.1) is 0 Å². The second-order valence-electron chi connectivity index (χ2n) is 3.88. The van der Waals surface area contributed by atoms with E-state index < -0.39 is 0 Å². The first kappa shape index (κ1) is 9.27. The average molecular weight is 216 g/mol. The lowest BCUT2D eigenvalue weighted by atomic mass is 10.2. The highest BCUT2D eigenvalue weighted by Crippen LogP contribution is 2.33. The highest BCUT2D eigenvalue weighted by Gasteiger charge is 2.14. The first-order valence-electron chi connectivity index (χ1n) is 5.17. The van der Waals surface area contributed by atoms with Crippen LogP contribution in [0.25, 0.3) is 5.69 Å². The van der Waals surface area contributed by atoms with Crippen molar-refractivity contribution in [2.75, 3.05) is 6.79 Å². The Labute approximate surface area is 93.4 Å². The molecule has 2 heterocycles. The Morgan fingerprint density at radius 2 is 1.94 bits per heavy atom. The highest BCUT2D eigenvalue weighted by molar-refractivity contribution is 5.50. The lowest BCUT2D eigenvalue weighted by molar-refractivity contribution is 0.174. The molecule has 1 aliphatic rings. The monoisotopic (exact) mass is 216 g/mol. The van der Waals surface area contributed by atoms with Crippen molar-refractivity contribution in [2.24, 2.45) is 0 Å². The summed E-state index contributed by atoms with van der Waals surface area (Å²) in [6, 6.07) is 7.88. The standard InChI is InChI=1S/C12H12N2O2/c1-8-5-9(2)14(13-8)10-3-4-11-12(6-10)16-7-15-11/h3-6H,7H2,1-2H3. The molecule has 0 fully saturated rings. The van der Waals surface area contributed by atoms with Crippen LogP contribution in [0.15, 0.2) is 24.3 Å². The van der Waals surface area contributed by atoms with Crippen molar-refractivity contribution in [3.63, 3.8) is 0 Å². The van der Waals surface area contributed by atoms with Gasteiger partial charge in [0.05, 0.1) is 11.4 Å². The van der Waals surface area contributed by atoms with Crippen LogP contribution in [-0.2, 0) is 0 Å². The lowest BCUT2D eigenvalue weighted by Gasteiger charge is -2.05. The van der Waals surface area contributed by atoms with Gasteiger partial charge in [-0.2, -0.15) is 5.10 Å². The molecule has 1 aromatic carbocycles. The molecule has 3 rings (SSSR count). The summed E-state index contributed by atoms with van der Waals surface area (Å²) in [7, 11) is 0. The van der Waals surface area contributed by atoms with E-state index in [1.165, 1.54) is 0 Å². The van der Waals surface area contributed by atoms with Gasteiger partial charge in [-0.3, -0.25) is 0 Å². The number of ether oxygens (including phenoxy) is 2. The van der Waals surface area contributed by atoms with Gasteiger partial charge in [-0.25, -0.2) is 4.68 Å². The largest absolute Gasteiger partial charge is 0.454 e. The summed E-state index contributed by atoms with van der Waals surface area (Å²) >= 11 is 0. The van der Waals surface area contributed by atoms with E-state index in [0.29, 0.717) is 6.79 Å². The Bertz CT molecular complexity index is 546. The minimum Gasteiger partial charge on any atom is -0.454 e. The van der Waals surface area contributed by atoms with Crippen molar-refractivity contribution in [2.45, 2.75) is 13.8 Å². The van der Waals surface area contributed by atoms with Gasteiger partial charge < -0.3 is 9.47 Å². The van der Waals surface area contributed by atoms with Crippen molar-refractivity contribution in [3.05, 3.63) is 35.7 Å². The predicted octanol–water partition coefficient (Wildman–Crippen LogP) is 2.22. The lowest BCUT2D eigenvalue weighted by Crippen LogP contribution is -1.98. The van der Waals surface area contributed by atoms with E-state index >= 15 is 0 Å². The van der Waals surface area contributed by atoms with Gasteiger partial charge in [-0.05, 0) is 32.0 Å². The summed E-state index contributed by atoms with van der Waals surface area (Å²) in [4.78, 5) is 0. The van der Waals surface area contributed by atoms with Gasteiger partial charge in [-0.1, -0.05) is 0 Å². The predicted molar refractivity (Wildman–Crippen MR) is 59.2 cm³/mol. The van der Waals surface area contributed by atoms with E-state index in [1.54, 1.807) is 0 Å². The highest BCUT2D eigenvalue weighted by atomic mass is 16.7. The van der Waals surface area contributed by atoms with E-state index in [0.717, 1.165) is 28.6 Å². The molecule has 2 aromatic rings. The molecule has 16 heavy (non-hydrogen) atoms. The van der Waals surface area contributed by atoms with Gasteiger partial charge in [0.15, 0.2) is 11.5 Å². The molecular formula is C12H12N2O2. The molecule has 1 aliphatic heterocycles. The zero-order chi connectivity index (χ0) is 11.1. The van der Waals surface area contributed by atoms with Crippen LogP contribution in [0.4, 0.5) is 0 Å². The summed E-state index contributed by atoms with van der Waals surface area (Å²) in [5.74, 6) is 1.58. The number of fused-ring (bicyclic) bond motifs is 1. The zero-order valence-corrected chi connectivity index (χ0v) is 9.23. The maximum absolute atomic E-state index is 5.34. The van der Waals surface area contributed by atoms with Crippen LogP contribution >= 0.6 is 0 Å². The Kier molecular flexibility index (Phi) is 1.89. The van der Waals surface area contributed by atoms with Crippen molar-refractivity contribution < 1.29 is 9.47 Å². The van der Waals surface area contributed by atoms with Gasteiger partial charge in [0.1, 0.15) is 0 Å². The number of rotatable bonds is 1. The van der Waals surface area contributed by atoms with Crippen LogP contribution < -0.4 is 9.47 Å². The van der Waals surface area contributed by atoms with Gasteiger partial charge in [0.25, 0.3) is 0 Å². The number of hydrogen-bond donors (Lipinski definition) is 0. The quantitative estimate of drug-likeness (QED) is 0.733. The molecule has 0 bridgehead atoms. The third-order valence-corrected chi connectivity index (χ3v) is 2.61. The third-order valence-electron chi connectivity index (χ3n) is 2.61. The maximum atomic E-state index is 5.34. The first-order valence-corrected chi connectivity index (χ1v) is 5.17. The molecule has 0 aliphatic carbocycles. The molecule has 0 amide bonds. The molecule has 0 saturated heterocycles. The summed E-state index contributed by atoms with van der Waals surface area (Å²) in [6.07, 6.45) is 0. The van der Waals surface area contributed by atoms with Crippen molar-refractivity contribution in [1.82, 2.24) is 9.78 Å². The van der Waals surface area contributed by atoms with Crippen LogP contribution in [-0.4, -0.2) is 16.6 Å². The summed E-state index contributed by atoms with van der Waals surface area (Å²) < 4.78 is 12.5. The maximum Gasteiger partial charge on any atom is 0.231 e. The summed E-state index contributed by atoms with van der Waals surface area (Å²) in [5, 5.41) is 4.43. The molecule has 1 aromatic heterocycles. The normalized spacial score (nSPS) is 13.1. The molecular weight excluding hydrogens is 204 g/mol. The second kappa shape index (κ2) is 3.27. The van der Waals surface area contributed by atoms with Crippen LogP contribution in [0, 0.1) is 13.8 Å². The fraction of sp³-hybridized carbons (Fsp3) is 0.250. The minimum atomic E-state index is 0.301. The average Bonchev–Trinajstić information content (AvgIpc) is 2.83. The van der Waals surface area contributed by atoms with E-state index in [9.17, 15) is 0 Å². The Morgan fingerprint density at radius 3 is 2.69 bits per heavy atom. The third kappa shape index (κ3) is 1.34. The van der Waals surface area contributed by atoms with E-state index in [2.05, 4.69) is 5.10 Å². The van der Waals surface area contributed by atoms with Crippen LogP contribution in [0.1, 0.15) is 11.4 Å². The number of benzene rings is 1. The Balaban J connectivity index is 2.10. The van der Waals surface area contributed by atoms with Gasteiger partial charge in [0, 0.05) is 11.8 Å². The van der Waals surface area contributed by atoms with Crippen LogP contribution in [0.3, 0.4) is 0 Å². The topological polar surface area (TPSA) is 36.3 Å². The molecule has 4 nitrogen and oxygen atoms in total. The summed E-state index contributed by atoms with van der Waals surface area (Å²) in [6.45, 7) is 4.32. The fourth-order valence-electron chi connectivity index (χ4n) is 1.91. The first-order chi connectivity index (χ1) is 7.74. The number of nitrogens with zero attached hydrogens (tertiary/aromatic N) is 2. The van der Waals surface area contributed by atoms with Crippen molar-refractivity contribution >= 4 is 0 Å². The summed E-state index contributed by atoms with van der Waals surface area (Å²) in [5.41, 5.74) is 3.11. The SMILES string of the molecule is Cc1cc(C)n(-c2ccc3c(c2)OCO3)n1. The molecule has 0 spiro atoms. The molecule has 0 saturated carbocycles. The molecule has 82 valence electrons.